The molecule has 0 bridgehead atoms. The van der Waals surface area contributed by atoms with Crippen molar-refractivity contribution in [2.24, 2.45) is 10.2 Å². The molecule has 0 aliphatic rings. The van der Waals surface area contributed by atoms with Crippen molar-refractivity contribution in [3.05, 3.63) is 66.7 Å². The van der Waals surface area contributed by atoms with Crippen molar-refractivity contribution in [3.8, 4) is 0 Å². The predicted octanol–water partition coefficient (Wildman–Crippen LogP) is 4.03. The first kappa shape index (κ1) is 19.9. The zero-order chi connectivity index (χ0) is 19.5. The fourth-order valence-corrected chi connectivity index (χ4v) is 2.09. The molecule has 2 aromatic carbocycles. The molecule has 2 rings (SSSR count). The van der Waals surface area contributed by atoms with Crippen molar-refractivity contribution < 1.29 is 14.3 Å². The summed E-state index contributed by atoms with van der Waals surface area (Å²) >= 11 is 5.06. The quantitative estimate of drug-likeness (QED) is 0.340. The van der Waals surface area contributed by atoms with Gasteiger partial charge in [0.05, 0.1) is 18.0 Å². The van der Waals surface area contributed by atoms with Crippen molar-refractivity contribution in [2.75, 3.05) is 11.9 Å². The van der Waals surface area contributed by atoms with Gasteiger partial charge in [0, 0.05) is 17.8 Å². The fraction of sp³-hybridized carbons (Fsp3) is 0.105. The van der Waals surface area contributed by atoms with Gasteiger partial charge in [0.2, 0.25) is 5.91 Å². The largest absolute Gasteiger partial charge is 0.463 e. The second-order valence-electron chi connectivity index (χ2n) is 5.11. The number of thiocarbonyl (C=S) groups is 1. The van der Waals surface area contributed by atoms with Crippen molar-refractivity contribution in [3.63, 3.8) is 0 Å². The minimum Gasteiger partial charge on any atom is -0.463 e. The van der Waals surface area contributed by atoms with Crippen LogP contribution in [0.3, 0.4) is 0 Å². The number of rotatable bonds is 6. The molecule has 1 amide bonds. The average molecular weight is 382 g/mol. The lowest BCUT2D eigenvalue weighted by atomic mass is 10.3. The number of nitrogens with zero attached hydrogens (tertiary/aromatic N) is 2. The molecule has 0 radical (unpaired) electrons. The summed E-state index contributed by atoms with van der Waals surface area (Å²) in [4.78, 5) is 22.8. The smallest absolute Gasteiger partial charge is 0.330 e. The molecular formula is C19H18N4O3S. The van der Waals surface area contributed by atoms with Gasteiger partial charge in [-0.05, 0) is 55.5 Å². The van der Waals surface area contributed by atoms with Gasteiger partial charge in [0.15, 0.2) is 5.11 Å². The van der Waals surface area contributed by atoms with Gasteiger partial charge >= 0.3 is 5.97 Å². The lowest BCUT2D eigenvalue weighted by Gasteiger charge is -2.08. The number of carbonyl (C=O) groups is 2. The molecule has 138 valence electrons. The van der Waals surface area contributed by atoms with Crippen molar-refractivity contribution in [1.82, 2.24) is 5.32 Å². The molecule has 0 atom stereocenters. The molecule has 8 heteroatoms. The topological polar surface area (TPSA) is 92.2 Å². The van der Waals surface area contributed by atoms with E-state index in [1.165, 1.54) is 0 Å². The normalized spacial score (nSPS) is 10.7. The van der Waals surface area contributed by atoms with Crippen LogP contribution in [0.1, 0.15) is 6.92 Å². The van der Waals surface area contributed by atoms with E-state index in [9.17, 15) is 9.59 Å². The van der Waals surface area contributed by atoms with Crippen LogP contribution in [0.2, 0.25) is 0 Å². The number of carbonyl (C=O) groups excluding carboxylic acids is 2. The minimum atomic E-state index is -0.591. The van der Waals surface area contributed by atoms with Gasteiger partial charge in [-0.15, -0.1) is 0 Å². The van der Waals surface area contributed by atoms with Crippen molar-refractivity contribution >= 4 is 46.3 Å². The van der Waals surface area contributed by atoms with Crippen LogP contribution >= 0.6 is 12.2 Å². The van der Waals surface area contributed by atoms with Gasteiger partial charge in [-0.25, -0.2) is 4.79 Å². The second kappa shape index (κ2) is 10.6. The number of anilines is 1. The lowest BCUT2D eigenvalue weighted by Crippen LogP contribution is -2.32. The fourth-order valence-electron chi connectivity index (χ4n) is 1.87. The highest BCUT2D eigenvalue weighted by atomic mass is 32.1. The maximum absolute atomic E-state index is 11.7. The Morgan fingerprint density at radius 1 is 1.00 bits per heavy atom. The Kier molecular flexibility index (Phi) is 7.80. The first-order valence-corrected chi connectivity index (χ1v) is 8.51. The zero-order valence-corrected chi connectivity index (χ0v) is 15.4. The van der Waals surface area contributed by atoms with Gasteiger partial charge in [-0.1, -0.05) is 18.2 Å². The summed E-state index contributed by atoms with van der Waals surface area (Å²) in [6.45, 7) is 1.92. The molecule has 0 saturated carbocycles. The summed E-state index contributed by atoms with van der Waals surface area (Å²) in [7, 11) is 0. The first-order chi connectivity index (χ1) is 13.1. The monoisotopic (exact) mass is 382 g/mol. The summed E-state index contributed by atoms with van der Waals surface area (Å²) in [5, 5.41) is 13.7. The van der Waals surface area contributed by atoms with E-state index in [4.69, 9.17) is 12.2 Å². The van der Waals surface area contributed by atoms with E-state index in [1.54, 1.807) is 31.2 Å². The number of azo groups is 1. The van der Waals surface area contributed by atoms with E-state index in [0.717, 1.165) is 17.8 Å². The Balaban J connectivity index is 1.85. The average Bonchev–Trinajstić information content (AvgIpc) is 2.67. The molecule has 0 fully saturated rings. The lowest BCUT2D eigenvalue weighted by molar-refractivity contribution is -0.137. The van der Waals surface area contributed by atoms with E-state index < -0.39 is 11.9 Å². The molecule has 27 heavy (non-hydrogen) atoms. The summed E-state index contributed by atoms with van der Waals surface area (Å²) in [5.74, 6) is -1.12. The van der Waals surface area contributed by atoms with Gasteiger partial charge in [-0.3, -0.25) is 10.1 Å². The van der Waals surface area contributed by atoms with Crippen LogP contribution in [0, 0.1) is 0 Å². The van der Waals surface area contributed by atoms with E-state index in [0.29, 0.717) is 11.4 Å². The van der Waals surface area contributed by atoms with E-state index in [-0.39, 0.29) is 11.7 Å². The minimum absolute atomic E-state index is 0.104. The molecule has 0 aliphatic carbocycles. The molecule has 2 aromatic rings. The van der Waals surface area contributed by atoms with Crippen molar-refractivity contribution in [2.45, 2.75) is 6.92 Å². The zero-order valence-electron chi connectivity index (χ0n) is 14.6. The molecule has 0 unspecified atom stereocenters. The Hall–Kier alpha value is -3.39. The molecule has 0 aliphatic heterocycles. The molecular weight excluding hydrogens is 364 g/mol. The van der Waals surface area contributed by atoms with Crippen LogP contribution in [0.4, 0.5) is 17.1 Å². The van der Waals surface area contributed by atoms with Crippen LogP contribution in [0.5, 0.6) is 0 Å². The molecule has 0 saturated heterocycles. The van der Waals surface area contributed by atoms with Gasteiger partial charge in [0.1, 0.15) is 0 Å². The highest BCUT2D eigenvalue weighted by Crippen LogP contribution is 2.19. The van der Waals surface area contributed by atoms with Crippen LogP contribution in [-0.2, 0) is 14.3 Å². The Labute approximate surface area is 162 Å². The molecule has 0 spiro atoms. The Bertz CT molecular complexity index is 849. The number of esters is 1. The third-order valence-electron chi connectivity index (χ3n) is 3.06. The number of amides is 1. The van der Waals surface area contributed by atoms with Gasteiger partial charge in [-0.2, -0.15) is 10.2 Å². The maximum atomic E-state index is 11.7. The van der Waals surface area contributed by atoms with Crippen LogP contribution in [0.25, 0.3) is 0 Å². The molecule has 0 heterocycles. The summed E-state index contributed by atoms with van der Waals surface area (Å²) in [5.41, 5.74) is 2.12. The molecule has 7 nitrogen and oxygen atoms in total. The Morgan fingerprint density at radius 2 is 1.63 bits per heavy atom. The highest BCUT2D eigenvalue weighted by molar-refractivity contribution is 7.80. The SMILES string of the molecule is CCOC(=O)/C=C/C(=O)NC(=S)Nc1ccc(N=Nc2ccccc2)cc1. The van der Waals surface area contributed by atoms with Crippen LogP contribution < -0.4 is 10.6 Å². The predicted molar refractivity (Wildman–Crippen MR) is 107 cm³/mol. The second-order valence-corrected chi connectivity index (χ2v) is 5.52. The number of nitrogens with one attached hydrogen (secondary N) is 2. The standard InChI is InChI=1S/C19H18N4O3S/c1-2-26-18(25)13-12-17(24)21-19(27)20-14-8-10-16(11-9-14)23-22-15-6-4-3-5-7-15/h3-13H,2H2,1H3,(H2,20,21,24,27)/b13-12+,23-22?. The van der Waals surface area contributed by atoms with E-state index in [2.05, 4.69) is 25.6 Å². The summed E-state index contributed by atoms with van der Waals surface area (Å²) < 4.78 is 4.68. The van der Waals surface area contributed by atoms with Gasteiger partial charge in [0.25, 0.3) is 0 Å². The van der Waals surface area contributed by atoms with Gasteiger partial charge < -0.3 is 10.1 Å². The molecule has 0 aromatic heterocycles. The van der Waals surface area contributed by atoms with Crippen molar-refractivity contribution in [1.29, 1.82) is 0 Å². The third kappa shape index (κ3) is 7.57. The van der Waals surface area contributed by atoms with Crippen LogP contribution in [-0.4, -0.2) is 23.6 Å². The number of ether oxygens (including phenoxy) is 1. The third-order valence-corrected chi connectivity index (χ3v) is 3.26. The summed E-state index contributed by atoms with van der Waals surface area (Å²) in [6.07, 6.45) is 2.09. The highest BCUT2D eigenvalue weighted by Gasteiger charge is 2.03. The number of hydrogen-bond donors (Lipinski definition) is 2. The van der Waals surface area contributed by atoms with E-state index >= 15 is 0 Å². The number of hydrogen-bond acceptors (Lipinski definition) is 6. The number of benzene rings is 2. The maximum Gasteiger partial charge on any atom is 0.330 e. The van der Waals surface area contributed by atoms with Crippen LogP contribution in [0.15, 0.2) is 77.0 Å². The Morgan fingerprint density at radius 3 is 2.26 bits per heavy atom. The van der Waals surface area contributed by atoms with E-state index in [1.807, 2.05) is 30.3 Å². The molecule has 2 N–H and O–H groups in total. The summed E-state index contributed by atoms with van der Waals surface area (Å²) in [6, 6.07) is 16.4. The first-order valence-electron chi connectivity index (χ1n) is 8.10.